The molecule has 3 aromatic rings. The topological polar surface area (TPSA) is 46.5 Å². The van der Waals surface area contributed by atoms with Gasteiger partial charge in [0.25, 0.3) is 0 Å². The second kappa shape index (κ2) is 7.75. The highest BCUT2D eigenvalue weighted by molar-refractivity contribution is 7.14. The first kappa shape index (κ1) is 16.2. The first-order valence-corrected chi connectivity index (χ1v) is 8.67. The van der Waals surface area contributed by atoms with Crippen LogP contribution in [0.15, 0.2) is 59.0 Å². The fourth-order valence-corrected chi connectivity index (χ4v) is 2.83. The van der Waals surface area contributed by atoms with Gasteiger partial charge in [-0.2, -0.15) is 5.10 Å². The van der Waals surface area contributed by atoms with Gasteiger partial charge in [-0.1, -0.05) is 29.8 Å². The lowest BCUT2D eigenvalue weighted by Crippen LogP contribution is -1.92. The Hall–Kier alpha value is -2.66. The normalized spacial score (nSPS) is 10.9. The summed E-state index contributed by atoms with van der Waals surface area (Å²) in [6.07, 6.45) is 1.77. The maximum absolute atomic E-state index is 5.42. The predicted molar refractivity (Wildman–Crippen MR) is 101 cm³/mol. The Labute approximate surface area is 145 Å². The summed E-state index contributed by atoms with van der Waals surface area (Å²) in [7, 11) is 0. The molecule has 0 bridgehead atoms. The molecule has 0 saturated carbocycles. The highest BCUT2D eigenvalue weighted by Crippen LogP contribution is 2.25. The SMILES string of the molecule is CCOc1ccc(/C=N\Nc2nc(-c3ccc(C)cc3)cs2)cc1. The second-order valence-electron chi connectivity index (χ2n) is 5.28. The Morgan fingerprint density at radius 2 is 1.88 bits per heavy atom. The fourth-order valence-electron chi connectivity index (χ4n) is 2.16. The van der Waals surface area contributed by atoms with E-state index in [9.17, 15) is 0 Å². The molecule has 1 heterocycles. The van der Waals surface area contributed by atoms with E-state index in [-0.39, 0.29) is 0 Å². The smallest absolute Gasteiger partial charge is 0.203 e. The van der Waals surface area contributed by atoms with Crippen LogP contribution in [-0.4, -0.2) is 17.8 Å². The van der Waals surface area contributed by atoms with Crippen molar-refractivity contribution in [1.29, 1.82) is 0 Å². The molecule has 0 aliphatic heterocycles. The van der Waals surface area contributed by atoms with Crippen LogP contribution >= 0.6 is 11.3 Å². The van der Waals surface area contributed by atoms with Gasteiger partial charge < -0.3 is 4.74 Å². The van der Waals surface area contributed by atoms with Crippen LogP contribution in [-0.2, 0) is 0 Å². The highest BCUT2D eigenvalue weighted by atomic mass is 32.1. The van der Waals surface area contributed by atoms with Crippen molar-refractivity contribution >= 4 is 22.7 Å². The Morgan fingerprint density at radius 1 is 1.12 bits per heavy atom. The van der Waals surface area contributed by atoms with Crippen LogP contribution in [0.25, 0.3) is 11.3 Å². The van der Waals surface area contributed by atoms with Crippen molar-refractivity contribution in [3.05, 3.63) is 65.0 Å². The van der Waals surface area contributed by atoms with Gasteiger partial charge in [-0.05, 0) is 43.7 Å². The fraction of sp³-hybridized carbons (Fsp3) is 0.158. The van der Waals surface area contributed by atoms with Crippen LogP contribution in [0.1, 0.15) is 18.1 Å². The van der Waals surface area contributed by atoms with E-state index in [0.717, 1.165) is 27.7 Å². The van der Waals surface area contributed by atoms with Crippen LogP contribution < -0.4 is 10.2 Å². The van der Waals surface area contributed by atoms with Crippen molar-refractivity contribution in [2.45, 2.75) is 13.8 Å². The van der Waals surface area contributed by atoms with Crippen LogP contribution in [0.5, 0.6) is 5.75 Å². The molecule has 0 unspecified atom stereocenters. The molecule has 0 aliphatic carbocycles. The lowest BCUT2D eigenvalue weighted by atomic mass is 10.1. The van der Waals surface area contributed by atoms with Crippen molar-refractivity contribution in [2.75, 3.05) is 12.0 Å². The molecule has 1 N–H and O–H groups in total. The molecule has 4 nitrogen and oxygen atoms in total. The summed E-state index contributed by atoms with van der Waals surface area (Å²) in [5, 5.41) is 7.04. The number of benzene rings is 2. The molecule has 122 valence electrons. The van der Waals surface area contributed by atoms with Gasteiger partial charge in [0.05, 0.1) is 18.5 Å². The van der Waals surface area contributed by atoms with Gasteiger partial charge in [0.2, 0.25) is 5.13 Å². The molecule has 0 aliphatic rings. The van der Waals surface area contributed by atoms with E-state index in [1.807, 2.05) is 36.6 Å². The zero-order chi connectivity index (χ0) is 16.8. The number of anilines is 1. The number of aromatic nitrogens is 1. The first-order chi connectivity index (χ1) is 11.7. The zero-order valence-electron chi connectivity index (χ0n) is 13.7. The van der Waals surface area contributed by atoms with Crippen molar-refractivity contribution in [1.82, 2.24) is 4.98 Å². The third-order valence-electron chi connectivity index (χ3n) is 3.42. The third kappa shape index (κ3) is 4.20. The molecular weight excluding hydrogens is 318 g/mol. The molecule has 2 aromatic carbocycles. The standard InChI is InChI=1S/C19H19N3OS/c1-3-23-17-10-6-15(7-11-17)12-20-22-19-21-18(13-24-19)16-8-4-14(2)5-9-16/h4-13H,3H2,1-2H3,(H,21,22)/b20-12-. The Kier molecular flexibility index (Phi) is 5.23. The molecular formula is C19H19N3OS. The molecule has 0 saturated heterocycles. The van der Waals surface area contributed by atoms with E-state index in [1.54, 1.807) is 6.21 Å². The summed E-state index contributed by atoms with van der Waals surface area (Å²) >= 11 is 1.54. The van der Waals surface area contributed by atoms with Crippen molar-refractivity contribution in [3.8, 4) is 17.0 Å². The van der Waals surface area contributed by atoms with Gasteiger partial charge in [-0.3, -0.25) is 5.43 Å². The minimum absolute atomic E-state index is 0.669. The van der Waals surface area contributed by atoms with E-state index in [2.05, 4.69) is 46.7 Å². The van der Waals surface area contributed by atoms with E-state index >= 15 is 0 Å². The monoisotopic (exact) mass is 337 g/mol. The Morgan fingerprint density at radius 3 is 2.58 bits per heavy atom. The highest BCUT2D eigenvalue weighted by Gasteiger charge is 2.03. The van der Waals surface area contributed by atoms with E-state index in [0.29, 0.717) is 6.61 Å². The quantitative estimate of drug-likeness (QED) is 0.510. The number of nitrogens with one attached hydrogen (secondary N) is 1. The van der Waals surface area contributed by atoms with E-state index in [1.165, 1.54) is 16.9 Å². The summed E-state index contributed by atoms with van der Waals surface area (Å²) in [6, 6.07) is 16.1. The van der Waals surface area contributed by atoms with E-state index in [4.69, 9.17) is 4.74 Å². The summed E-state index contributed by atoms with van der Waals surface area (Å²) in [5.41, 5.74) is 7.29. The summed E-state index contributed by atoms with van der Waals surface area (Å²) in [6.45, 7) is 4.72. The van der Waals surface area contributed by atoms with Crippen molar-refractivity contribution in [2.24, 2.45) is 5.10 Å². The first-order valence-electron chi connectivity index (χ1n) is 7.79. The summed E-state index contributed by atoms with van der Waals surface area (Å²) in [5.74, 6) is 0.866. The summed E-state index contributed by atoms with van der Waals surface area (Å²) < 4.78 is 5.42. The molecule has 1 aromatic heterocycles. The van der Waals surface area contributed by atoms with Gasteiger partial charge in [-0.15, -0.1) is 11.3 Å². The molecule has 24 heavy (non-hydrogen) atoms. The second-order valence-corrected chi connectivity index (χ2v) is 6.13. The van der Waals surface area contributed by atoms with Gasteiger partial charge in [0.15, 0.2) is 0 Å². The van der Waals surface area contributed by atoms with Crippen LogP contribution in [0.2, 0.25) is 0 Å². The number of hydrogen-bond acceptors (Lipinski definition) is 5. The molecule has 0 radical (unpaired) electrons. The molecule has 3 rings (SSSR count). The number of thiazole rings is 1. The van der Waals surface area contributed by atoms with Gasteiger partial charge in [0, 0.05) is 10.9 Å². The lowest BCUT2D eigenvalue weighted by molar-refractivity contribution is 0.340. The molecule has 0 atom stereocenters. The molecule has 0 spiro atoms. The number of ether oxygens (including phenoxy) is 1. The molecule has 0 amide bonds. The minimum atomic E-state index is 0.669. The minimum Gasteiger partial charge on any atom is -0.494 e. The average Bonchev–Trinajstić information content (AvgIpc) is 3.06. The Balaban J connectivity index is 1.61. The van der Waals surface area contributed by atoms with Crippen molar-refractivity contribution < 1.29 is 4.74 Å². The number of hydrogen-bond donors (Lipinski definition) is 1. The number of hydrazone groups is 1. The van der Waals surface area contributed by atoms with Crippen LogP contribution in [0.3, 0.4) is 0 Å². The molecule has 5 heteroatoms. The largest absolute Gasteiger partial charge is 0.494 e. The van der Waals surface area contributed by atoms with Crippen LogP contribution in [0.4, 0.5) is 5.13 Å². The summed E-state index contributed by atoms with van der Waals surface area (Å²) in [4.78, 5) is 4.55. The molecule has 0 fully saturated rings. The third-order valence-corrected chi connectivity index (χ3v) is 4.16. The maximum atomic E-state index is 5.42. The van der Waals surface area contributed by atoms with Gasteiger partial charge in [0.1, 0.15) is 5.75 Å². The van der Waals surface area contributed by atoms with Gasteiger partial charge in [-0.25, -0.2) is 4.98 Å². The van der Waals surface area contributed by atoms with Crippen molar-refractivity contribution in [3.63, 3.8) is 0 Å². The number of rotatable bonds is 6. The average molecular weight is 337 g/mol. The number of aryl methyl sites for hydroxylation is 1. The zero-order valence-corrected chi connectivity index (χ0v) is 14.5. The van der Waals surface area contributed by atoms with Gasteiger partial charge >= 0.3 is 0 Å². The Bertz CT molecular complexity index is 807. The lowest BCUT2D eigenvalue weighted by Gasteiger charge is -2.02. The number of nitrogens with zero attached hydrogens (tertiary/aromatic N) is 2. The maximum Gasteiger partial charge on any atom is 0.203 e. The van der Waals surface area contributed by atoms with Crippen LogP contribution in [0, 0.1) is 6.92 Å². The predicted octanol–water partition coefficient (Wildman–Crippen LogP) is 4.96. The van der Waals surface area contributed by atoms with E-state index < -0.39 is 0 Å².